The maximum Gasteiger partial charge on any atom is 3.00 e. The van der Waals surface area contributed by atoms with Crippen LogP contribution in [-0.4, -0.2) is 89.5 Å². The van der Waals surface area contributed by atoms with Crippen LogP contribution in [0.5, 0.6) is 0 Å². The molecule has 0 aliphatic carbocycles. The van der Waals surface area contributed by atoms with Crippen LogP contribution in [0.2, 0.25) is 0 Å². The van der Waals surface area contributed by atoms with Gasteiger partial charge in [0.2, 0.25) is 0 Å². The molecule has 0 amide bonds. The number of hydrogen-bond acceptors (Lipinski definition) is 12. The van der Waals surface area contributed by atoms with Crippen molar-refractivity contribution in [3.63, 3.8) is 0 Å². The van der Waals surface area contributed by atoms with E-state index in [1.165, 1.54) is 14.3 Å². The number of hydrogen-bond donors (Lipinski definition) is 1. The van der Waals surface area contributed by atoms with Crippen molar-refractivity contribution < 1.29 is 78.2 Å². The number of rotatable bonds is 15. The number of carbonyl (C=O) groups is 4. The van der Waals surface area contributed by atoms with E-state index in [9.17, 15) is 34.5 Å². The Morgan fingerprint density at radius 2 is 1.12 bits per heavy atom. The zero-order chi connectivity index (χ0) is 30.2. The summed E-state index contributed by atoms with van der Waals surface area (Å²) >= 11 is 0. The van der Waals surface area contributed by atoms with Gasteiger partial charge >= 0.3 is 44.6 Å². The largest absolute Gasteiger partial charge is 3.00 e. The molecule has 0 aliphatic heterocycles. The van der Waals surface area contributed by atoms with Crippen LogP contribution >= 0.6 is 0 Å². The van der Waals surface area contributed by atoms with Crippen LogP contribution in [0.3, 0.4) is 0 Å². The molecule has 0 bridgehead atoms. The van der Waals surface area contributed by atoms with E-state index in [1.54, 1.807) is 36.7 Å². The number of carbonyl (C=O) groups excluding carboxylic acids is 3. The van der Waals surface area contributed by atoms with Gasteiger partial charge in [-0.05, 0) is 35.4 Å². The number of aromatic nitrogens is 5. The van der Waals surface area contributed by atoms with Gasteiger partial charge in [-0.3, -0.25) is 14.6 Å². The molecule has 4 aromatic rings. The van der Waals surface area contributed by atoms with Crippen LogP contribution in [0.25, 0.3) is 22.8 Å². The second-order valence-corrected chi connectivity index (χ2v) is 9.24. The topological polar surface area (TPSA) is 213 Å². The van der Waals surface area contributed by atoms with Crippen molar-refractivity contribution in [3.05, 3.63) is 78.4 Å². The number of carboxylic acids is 4. The van der Waals surface area contributed by atoms with Gasteiger partial charge in [-0.1, -0.05) is 30.3 Å². The fourth-order valence-electron chi connectivity index (χ4n) is 4.21. The van der Waals surface area contributed by atoms with Crippen molar-refractivity contribution in [2.45, 2.75) is 13.1 Å². The molecule has 0 atom stereocenters. The molecule has 3 aromatic heterocycles. The van der Waals surface area contributed by atoms with Crippen molar-refractivity contribution in [1.29, 1.82) is 0 Å². The maximum atomic E-state index is 11.1. The normalized spacial score (nSPS) is 10.9. The predicted octanol–water partition coefficient (Wildman–Crippen LogP) is -2.94. The molecule has 0 radical (unpaired) electrons. The Labute approximate surface area is 275 Å². The van der Waals surface area contributed by atoms with Gasteiger partial charge in [0.15, 0.2) is 11.6 Å². The number of pyridine rings is 1. The monoisotopic (exact) mass is 733 g/mol. The van der Waals surface area contributed by atoms with Crippen LogP contribution in [0.15, 0.2) is 67.0 Å². The quantitative estimate of drug-likeness (QED) is 0.130. The average molecular weight is 733 g/mol. The minimum atomic E-state index is -1.44. The summed E-state index contributed by atoms with van der Waals surface area (Å²) in [5, 5.41) is 51.1. The SMILES string of the molecule is O=C([O-])CN(CC(=O)[O-])Cc1ccn(-c2cc(-c3ccccc3)cc(-n3ccc(CN(CC(=O)[O-])CC(=O)O)n3)n2)n1.[Tb+3]. The molecule has 0 fully saturated rings. The van der Waals surface area contributed by atoms with Crippen molar-refractivity contribution in [1.82, 2.24) is 34.3 Å². The fourth-order valence-corrected chi connectivity index (χ4v) is 4.21. The summed E-state index contributed by atoms with van der Waals surface area (Å²) in [5.41, 5.74) is 2.38. The molecule has 4 rings (SSSR count). The van der Waals surface area contributed by atoms with Gasteiger partial charge in [0.25, 0.3) is 0 Å². The first-order valence-electron chi connectivity index (χ1n) is 12.5. The standard InChI is InChI=1S/C27H27N7O8.Tb/c35-24(36)14-31(15-25(37)38)12-20-6-8-33(29-20)22-10-19(18-4-2-1-3-5-18)11-23(28-22)34-9-7-21(30-34)13-32(16-26(39)40)17-27(41)42;/h1-11H,12-17H2,(H,35,36)(H,37,38)(H,39,40)(H,41,42);/q;+3/p-3. The molecule has 1 aromatic carbocycles. The molecule has 224 valence electrons. The number of benzene rings is 1. The number of carboxylic acid groups (broad SMARTS) is 4. The Balaban J connectivity index is 0.00000506. The summed E-state index contributed by atoms with van der Waals surface area (Å²) < 4.78 is 2.90. The Morgan fingerprint density at radius 1 is 0.674 bits per heavy atom. The molecular weight excluding hydrogens is 709 g/mol. The van der Waals surface area contributed by atoms with Crippen molar-refractivity contribution in [3.8, 4) is 22.8 Å². The summed E-state index contributed by atoms with van der Waals surface area (Å²) in [5.74, 6) is -4.76. The molecular formula is C27H24N7O8Tb. The van der Waals surface area contributed by atoms with Crippen LogP contribution in [0.4, 0.5) is 0 Å². The van der Waals surface area contributed by atoms with E-state index in [-0.39, 0.29) is 51.7 Å². The molecule has 0 unspecified atom stereocenters. The summed E-state index contributed by atoms with van der Waals surface area (Å²) in [7, 11) is 0. The molecule has 1 N–H and O–H groups in total. The van der Waals surface area contributed by atoms with Gasteiger partial charge < -0.3 is 34.8 Å². The zero-order valence-electron chi connectivity index (χ0n) is 22.4. The third-order valence-electron chi connectivity index (χ3n) is 5.85. The van der Waals surface area contributed by atoms with Crippen molar-refractivity contribution in [2.24, 2.45) is 0 Å². The predicted molar refractivity (Wildman–Crippen MR) is 137 cm³/mol. The number of nitrogens with zero attached hydrogens (tertiary/aromatic N) is 7. The van der Waals surface area contributed by atoms with Crippen LogP contribution < -0.4 is 15.3 Å². The Morgan fingerprint density at radius 3 is 1.53 bits per heavy atom. The van der Waals surface area contributed by atoms with Crippen molar-refractivity contribution in [2.75, 3.05) is 26.2 Å². The molecule has 3 heterocycles. The van der Waals surface area contributed by atoms with Gasteiger partial charge in [-0.25, -0.2) is 14.3 Å². The van der Waals surface area contributed by atoms with E-state index in [0.29, 0.717) is 23.0 Å². The van der Waals surface area contributed by atoms with E-state index in [4.69, 9.17) is 5.11 Å². The summed E-state index contributed by atoms with van der Waals surface area (Å²) in [6.45, 7) is -2.51. The Hall–Kier alpha value is -4.12. The van der Waals surface area contributed by atoms with E-state index in [1.807, 2.05) is 30.3 Å². The fraction of sp³-hybridized carbons (Fsp3) is 0.222. The first-order valence-corrected chi connectivity index (χ1v) is 12.5. The molecule has 16 heteroatoms. The third kappa shape index (κ3) is 9.98. The maximum absolute atomic E-state index is 11.1. The third-order valence-corrected chi connectivity index (χ3v) is 5.85. The molecule has 0 aliphatic rings. The second-order valence-electron chi connectivity index (χ2n) is 9.24. The minimum absolute atomic E-state index is 0. The first-order chi connectivity index (χ1) is 20.0. The average Bonchev–Trinajstić information content (AvgIpc) is 3.57. The molecule has 0 saturated heterocycles. The Kier molecular flexibility index (Phi) is 11.9. The smallest absolute Gasteiger partial charge is 0.549 e. The van der Waals surface area contributed by atoms with E-state index in [0.717, 1.165) is 16.0 Å². The molecule has 15 nitrogen and oxygen atoms in total. The summed E-state index contributed by atoms with van der Waals surface area (Å²) in [6, 6.07) is 16.1. The first kappa shape index (κ1) is 33.4. The van der Waals surface area contributed by atoms with E-state index < -0.39 is 50.1 Å². The number of aliphatic carboxylic acids is 4. The molecule has 0 spiro atoms. The zero-order valence-corrected chi connectivity index (χ0v) is 24.5. The van der Waals surface area contributed by atoms with Gasteiger partial charge in [-0.15, -0.1) is 0 Å². The van der Waals surface area contributed by atoms with Gasteiger partial charge in [-0.2, -0.15) is 10.2 Å². The van der Waals surface area contributed by atoms with Crippen LogP contribution in [-0.2, 0) is 32.3 Å². The van der Waals surface area contributed by atoms with Crippen molar-refractivity contribution >= 4 is 23.9 Å². The summed E-state index contributed by atoms with van der Waals surface area (Å²) in [4.78, 5) is 51.2. The minimum Gasteiger partial charge on any atom is -0.549 e. The van der Waals surface area contributed by atoms with Gasteiger partial charge in [0.05, 0.1) is 35.8 Å². The van der Waals surface area contributed by atoms with Crippen LogP contribution in [0, 0.1) is 38.6 Å². The van der Waals surface area contributed by atoms with Gasteiger partial charge in [0.1, 0.15) is 0 Å². The van der Waals surface area contributed by atoms with E-state index in [2.05, 4.69) is 15.2 Å². The molecule has 0 saturated carbocycles. The van der Waals surface area contributed by atoms with E-state index >= 15 is 0 Å². The van der Waals surface area contributed by atoms with Crippen LogP contribution in [0.1, 0.15) is 11.4 Å². The second kappa shape index (κ2) is 15.4. The summed E-state index contributed by atoms with van der Waals surface area (Å²) in [6.07, 6.45) is 3.19. The Bertz CT molecular complexity index is 1460. The molecule has 43 heavy (non-hydrogen) atoms. The van der Waals surface area contributed by atoms with Gasteiger partial charge in [0, 0.05) is 45.1 Å².